The first-order valence-electron chi connectivity index (χ1n) is 5.94. The number of rotatable bonds is 4. The van der Waals surface area contributed by atoms with Crippen molar-refractivity contribution in [2.24, 2.45) is 0 Å². The molecular formula is C12H25NO. The normalized spacial score (nSPS) is 19.9. The van der Waals surface area contributed by atoms with Crippen LogP contribution in [0, 0.1) is 0 Å². The maximum atomic E-state index is 5.82. The average Bonchev–Trinajstić information content (AvgIpc) is 2.13. The second-order valence-electron chi connectivity index (χ2n) is 5.31. The van der Waals surface area contributed by atoms with Crippen molar-refractivity contribution in [2.45, 2.75) is 64.5 Å². The Balaban J connectivity index is 1.97. The van der Waals surface area contributed by atoms with Gasteiger partial charge in [-0.15, -0.1) is 0 Å². The summed E-state index contributed by atoms with van der Waals surface area (Å²) in [5, 5.41) is 3.44. The zero-order chi connectivity index (χ0) is 10.4. The lowest BCUT2D eigenvalue weighted by Gasteiger charge is -2.24. The summed E-state index contributed by atoms with van der Waals surface area (Å²) < 4.78 is 5.82. The number of hydrogen-bond donors (Lipinski definition) is 1. The van der Waals surface area contributed by atoms with Crippen LogP contribution in [0.15, 0.2) is 0 Å². The van der Waals surface area contributed by atoms with E-state index >= 15 is 0 Å². The molecule has 0 spiro atoms. The van der Waals surface area contributed by atoms with E-state index in [0.29, 0.717) is 6.10 Å². The van der Waals surface area contributed by atoms with Gasteiger partial charge in [-0.05, 0) is 33.6 Å². The molecule has 0 atom stereocenters. The van der Waals surface area contributed by atoms with Crippen molar-refractivity contribution in [3.8, 4) is 0 Å². The van der Waals surface area contributed by atoms with Gasteiger partial charge in [-0.2, -0.15) is 0 Å². The molecule has 0 aromatic heterocycles. The Morgan fingerprint density at radius 1 is 1.14 bits per heavy atom. The summed E-state index contributed by atoms with van der Waals surface area (Å²) in [6, 6.07) is 0. The lowest BCUT2D eigenvalue weighted by molar-refractivity contribution is 0.0283. The largest absolute Gasteiger partial charge is 0.377 e. The molecule has 1 aliphatic rings. The Labute approximate surface area is 88.4 Å². The first kappa shape index (κ1) is 12.0. The second kappa shape index (κ2) is 5.72. The molecule has 84 valence electrons. The van der Waals surface area contributed by atoms with Gasteiger partial charge < -0.3 is 10.1 Å². The minimum Gasteiger partial charge on any atom is -0.377 e. The van der Waals surface area contributed by atoms with Crippen molar-refractivity contribution in [1.29, 1.82) is 0 Å². The van der Waals surface area contributed by atoms with E-state index in [1.165, 1.54) is 32.1 Å². The fraction of sp³-hybridized carbons (Fsp3) is 1.00. The van der Waals surface area contributed by atoms with Crippen molar-refractivity contribution in [3.63, 3.8) is 0 Å². The molecule has 1 rings (SSSR count). The van der Waals surface area contributed by atoms with Crippen molar-refractivity contribution in [1.82, 2.24) is 5.32 Å². The molecule has 0 aromatic carbocycles. The first-order valence-corrected chi connectivity index (χ1v) is 5.94. The summed E-state index contributed by atoms with van der Waals surface area (Å²) in [4.78, 5) is 0. The first-order chi connectivity index (χ1) is 6.58. The third-order valence-corrected chi connectivity index (χ3v) is 2.66. The highest BCUT2D eigenvalue weighted by molar-refractivity contribution is 4.70. The van der Waals surface area contributed by atoms with Gasteiger partial charge in [-0.25, -0.2) is 0 Å². The van der Waals surface area contributed by atoms with Crippen molar-refractivity contribution in [3.05, 3.63) is 0 Å². The van der Waals surface area contributed by atoms with Crippen LogP contribution in [0.25, 0.3) is 0 Å². The molecule has 2 heteroatoms. The highest BCUT2D eigenvalue weighted by atomic mass is 16.5. The molecule has 1 aliphatic carbocycles. The molecule has 0 bridgehead atoms. The van der Waals surface area contributed by atoms with Crippen molar-refractivity contribution >= 4 is 0 Å². The Morgan fingerprint density at radius 3 is 2.36 bits per heavy atom. The van der Waals surface area contributed by atoms with E-state index in [4.69, 9.17) is 4.74 Å². The van der Waals surface area contributed by atoms with Crippen LogP contribution in [0.4, 0.5) is 0 Å². The van der Waals surface area contributed by atoms with Gasteiger partial charge in [-0.3, -0.25) is 0 Å². The van der Waals surface area contributed by atoms with Crippen LogP contribution in [0.2, 0.25) is 0 Å². The third-order valence-electron chi connectivity index (χ3n) is 2.66. The molecule has 0 aliphatic heterocycles. The monoisotopic (exact) mass is 199 g/mol. The van der Waals surface area contributed by atoms with Crippen LogP contribution in [0.3, 0.4) is 0 Å². The SMILES string of the molecule is CC(C)(C)NCCOC1CCCCC1. The van der Waals surface area contributed by atoms with E-state index in [2.05, 4.69) is 26.1 Å². The van der Waals surface area contributed by atoms with Crippen molar-refractivity contribution < 1.29 is 4.74 Å². The van der Waals surface area contributed by atoms with Gasteiger partial charge in [0.05, 0.1) is 12.7 Å². The molecule has 2 nitrogen and oxygen atoms in total. The number of ether oxygens (including phenoxy) is 1. The molecule has 1 fully saturated rings. The van der Waals surface area contributed by atoms with E-state index < -0.39 is 0 Å². The van der Waals surface area contributed by atoms with Gasteiger partial charge in [0.1, 0.15) is 0 Å². The summed E-state index contributed by atoms with van der Waals surface area (Å²) in [5.74, 6) is 0. The fourth-order valence-electron chi connectivity index (χ4n) is 1.88. The lowest BCUT2D eigenvalue weighted by Crippen LogP contribution is -2.38. The van der Waals surface area contributed by atoms with E-state index in [1.54, 1.807) is 0 Å². The Bertz CT molecular complexity index is 145. The summed E-state index contributed by atoms with van der Waals surface area (Å²) in [6.07, 6.45) is 7.21. The van der Waals surface area contributed by atoms with E-state index in [1.807, 2.05) is 0 Å². The fourth-order valence-corrected chi connectivity index (χ4v) is 1.88. The maximum Gasteiger partial charge on any atom is 0.0594 e. The zero-order valence-corrected chi connectivity index (χ0v) is 9.94. The molecule has 1 N–H and O–H groups in total. The van der Waals surface area contributed by atoms with Gasteiger partial charge in [0, 0.05) is 12.1 Å². The van der Waals surface area contributed by atoms with Crippen molar-refractivity contribution in [2.75, 3.05) is 13.2 Å². The zero-order valence-electron chi connectivity index (χ0n) is 9.94. The smallest absolute Gasteiger partial charge is 0.0594 e. The van der Waals surface area contributed by atoms with Crippen LogP contribution < -0.4 is 5.32 Å². The molecule has 1 saturated carbocycles. The molecule has 0 aromatic rings. The van der Waals surface area contributed by atoms with Gasteiger partial charge in [0.25, 0.3) is 0 Å². The molecular weight excluding hydrogens is 174 g/mol. The van der Waals surface area contributed by atoms with Gasteiger partial charge in [0.15, 0.2) is 0 Å². The standard InChI is InChI=1S/C12H25NO/c1-12(2,3)13-9-10-14-11-7-5-4-6-8-11/h11,13H,4-10H2,1-3H3. The van der Waals surface area contributed by atoms with Crippen LogP contribution in [0.1, 0.15) is 52.9 Å². The maximum absolute atomic E-state index is 5.82. The average molecular weight is 199 g/mol. The molecule has 0 unspecified atom stereocenters. The number of hydrogen-bond acceptors (Lipinski definition) is 2. The molecule has 0 saturated heterocycles. The Morgan fingerprint density at radius 2 is 1.79 bits per heavy atom. The summed E-state index contributed by atoms with van der Waals surface area (Å²) in [7, 11) is 0. The molecule has 0 radical (unpaired) electrons. The third kappa shape index (κ3) is 5.61. The van der Waals surface area contributed by atoms with Crippen LogP contribution in [-0.4, -0.2) is 24.8 Å². The predicted molar refractivity (Wildman–Crippen MR) is 60.6 cm³/mol. The Kier molecular flexibility index (Phi) is 4.90. The summed E-state index contributed by atoms with van der Waals surface area (Å²) >= 11 is 0. The molecule has 14 heavy (non-hydrogen) atoms. The van der Waals surface area contributed by atoms with E-state index in [0.717, 1.165) is 13.2 Å². The topological polar surface area (TPSA) is 21.3 Å². The van der Waals surface area contributed by atoms with E-state index in [9.17, 15) is 0 Å². The van der Waals surface area contributed by atoms with Gasteiger partial charge in [0.2, 0.25) is 0 Å². The minimum atomic E-state index is 0.218. The van der Waals surface area contributed by atoms with Crippen LogP contribution >= 0.6 is 0 Å². The highest BCUT2D eigenvalue weighted by Gasteiger charge is 2.13. The molecule has 0 amide bonds. The predicted octanol–water partition coefficient (Wildman–Crippen LogP) is 2.72. The number of nitrogens with one attached hydrogen (secondary N) is 1. The van der Waals surface area contributed by atoms with Crippen LogP contribution in [0.5, 0.6) is 0 Å². The van der Waals surface area contributed by atoms with Crippen LogP contribution in [-0.2, 0) is 4.74 Å². The van der Waals surface area contributed by atoms with Gasteiger partial charge in [-0.1, -0.05) is 19.3 Å². The molecule has 0 heterocycles. The Hall–Kier alpha value is -0.0800. The minimum absolute atomic E-state index is 0.218. The second-order valence-corrected chi connectivity index (χ2v) is 5.31. The van der Waals surface area contributed by atoms with Gasteiger partial charge >= 0.3 is 0 Å². The summed E-state index contributed by atoms with van der Waals surface area (Å²) in [5.41, 5.74) is 0.218. The highest BCUT2D eigenvalue weighted by Crippen LogP contribution is 2.19. The van der Waals surface area contributed by atoms with E-state index in [-0.39, 0.29) is 5.54 Å². The summed E-state index contributed by atoms with van der Waals surface area (Å²) in [6.45, 7) is 8.40. The lowest BCUT2D eigenvalue weighted by atomic mass is 9.98. The quantitative estimate of drug-likeness (QED) is 0.703.